The molecule has 0 aromatic carbocycles. The minimum atomic E-state index is -0.922. The maximum Gasteiger partial charge on any atom is 0.227 e. The van der Waals surface area contributed by atoms with Crippen molar-refractivity contribution in [3.8, 4) is 0 Å². The Bertz CT molecular complexity index is 390. The number of carbonyl (C=O) groups excluding carboxylic acids is 2. The second kappa shape index (κ2) is 3.25. The van der Waals surface area contributed by atoms with Crippen LogP contribution >= 0.6 is 23.2 Å². The predicted molar refractivity (Wildman–Crippen MR) is 62.7 cm³/mol. The van der Waals surface area contributed by atoms with Crippen molar-refractivity contribution in [1.29, 1.82) is 0 Å². The standard InChI is InChI=1S/C12H14Cl2O3/c13-8(15)10-1-7-2-11(4-10,9(14)16)6-12(17,3-7)5-10/h7,17H,1-6H2. The molecule has 1 N–H and O–H groups in total. The van der Waals surface area contributed by atoms with Crippen LogP contribution in [0.3, 0.4) is 0 Å². The molecule has 4 aliphatic carbocycles. The number of rotatable bonds is 2. The lowest BCUT2D eigenvalue weighted by Crippen LogP contribution is -2.63. The molecule has 2 atom stereocenters. The highest BCUT2D eigenvalue weighted by molar-refractivity contribution is 6.66. The van der Waals surface area contributed by atoms with E-state index >= 15 is 0 Å². The zero-order valence-electron chi connectivity index (χ0n) is 9.34. The molecule has 0 radical (unpaired) electrons. The molecule has 4 rings (SSSR count). The molecule has 0 amide bonds. The zero-order chi connectivity index (χ0) is 12.5. The van der Waals surface area contributed by atoms with Gasteiger partial charge in [0.05, 0.1) is 5.60 Å². The summed E-state index contributed by atoms with van der Waals surface area (Å²) in [5.41, 5.74) is -2.37. The predicted octanol–water partition coefficient (Wildman–Crippen LogP) is 2.22. The van der Waals surface area contributed by atoms with Gasteiger partial charge in [0.15, 0.2) is 0 Å². The van der Waals surface area contributed by atoms with Crippen LogP contribution < -0.4 is 0 Å². The summed E-state index contributed by atoms with van der Waals surface area (Å²) >= 11 is 11.4. The van der Waals surface area contributed by atoms with E-state index in [0.717, 1.165) is 0 Å². The second-order valence-electron chi connectivity index (χ2n) is 6.34. The lowest BCUT2D eigenvalue weighted by Gasteiger charge is -2.62. The van der Waals surface area contributed by atoms with Gasteiger partial charge in [0.2, 0.25) is 10.5 Å². The fourth-order valence-electron chi connectivity index (χ4n) is 4.83. The fraction of sp³-hybridized carbons (Fsp3) is 0.833. The molecule has 0 saturated heterocycles. The van der Waals surface area contributed by atoms with Crippen molar-refractivity contribution in [1.82, 2.24) is 0 Å². The summed E-state index contributed by atoms with van der Waals surface area (Å²) in [7, 11) is 0. The molecule has 17 heavy (non-hydrogen) atoms. The van der Waals surface area contributed by atoms with Crippen LogP contribution in [0, 0.1) is 16.7 Å². The SMILES string of the molecule is O=C(Cl)C12CC3CC(O)(C1)CC(C(=O)Cl)(C3)C2. The van der Waals surface area contributed by atoms with Gasteiger partial charge in [0, 0.05) is 10.8 Å². The Balaban J connectivity index is 2.09. The molecule has 5 heteroatoms. The van der Waals surface area contributed by atoms with Crippen LogP contribution in [0.25, 0.3) is 0 Å². The van der Waals surface area contributed by atoms with Crippen LogP contribution in [0.1, 0.15) is 38.5 Å². The average molecular weight is 277 g/mol. The largest absolute Gasteiger partial charge is 0.390 e. The van der Waals surface area contributed by atoms with E-state index in [4.69, 9.17) is 23.2 Å². The molecular weight excluding hydrogens is 263 g/mol. The van der Waals surface area contributed by atoms with Gasteiger partial charge in [0.25, 0.3) is 0 Å². The smallest absolute Gasteiger partial charge is 0.227 e. The van der Waals surface area contributed by atoms with E-state index < -0.39 is 26.9 Å². The summed E-state index contributed by atoms with van der Waals surface area (Å²) in [5.74, 6) is 0.196. The van der Waals surface area contributed by atoms with Gasteiger partial charge in [0.1, 0.15) is 0 Å². The van der Waals surface area contributed by atoms with E-state index in [2.05, 4.69) is 0 Å². The van der Waals surface area contributed by atoms with E-state index in [1.54, 1.807) is 0 Å². The van der Waals surface area contributed by atoms with Crippen molar-refractivity contribution in [2.24, 2.45) is 16.7 Å². The Morgan fingerprint density at radius 3 is 1.76 bits per heavy atom. The van der Waals surface area contributed by atoms with Gasteiger partial charge < -0.3 is 5.11 Å². The van der Waals surface area contributed by atoms with Crippen molar-refractivity contribution in [2.45, 2.75) is 44.1 Å². The van der Waals surface area contributed by atoms with Crippen molar-refractivity contribution in [2.75, 3.05) is 0 Å². The molecule has 0 aromatic rings. The fourth-order valence-corrected chi connectivity index (χ4v) is 5.25. The molecule has 94 valence electrons. The van der Waals surface area contributed by atoms with Crippen molar-refractivity contribution in [3.63, 3.8) is 0 Å². The highest BCUT2D eigenvalue weighted by atomic mass is 35.5. The topological polar surface area (TPSA) is 54.4 Å². The Morgan fingerprint density at radius 2 is 1.41 bits per heavy atom. The lowest BCUT2D eigenvalue weighted by atomic mass is 9.43. The number of halogens is 2. The highest BCUT2D eigenvalue weighted by Crippen LogP contribution is 2.67. The maximum atomic E-state index is 11.7. The molecular formula is C12H14Cl2O3. The first-order valence-corrected chi connectivity index (χ1v) is 6.67. The highest BCUT2D eigenvalue weighted by Gasteiger charge is 2.67. The Labute approximate surface area is 109 Å². The minimum absolute atomic E-state index is 0.196. The van der Waals surface area contributed by atoms with E-state index in [-0.39, 0.29) is 5.92 Å². The average Bonchev–Trinajstić information content (AvgIpc) is 2.12. The van der Waals surface area contributed by atoms with Gasteiger partial charge in [-0.2, -0.15) is 0 Å². The first kappa shape index (κ1) is 11.9. The first-order chi connectivity index (χ1) is 7.79. The molecule has 4 saturated carbocycles. The van der Waals surface area contributed by atoms with Gasteiger partial charge in [-0.3, -0.25) is 9.59 Å². The molecule has 0 aliphatic heterocycles. The molecule has 4 aliphatic rings. The maximum absolute atomic E-state index is 11.7. The van der Waals surface area contributed by atoms with Crippen LogP contribution in [0.4, 0.5) is 0 Å². The Kier molecular flexibility index (Phi) is 2.28. The van der Waals surface area contributed by atoms with Gasteiger partial charge in [-0.25, -0.2) is 0 Å². The van der Waals surface area contributed by atoms with E-state index in [1.165, 1.54) is 0 Å². The first-order valence-electron chi connectivity index (χ1n) is 5.92. The molecule has 3 nitrogen and oxygen atoms in total. The van der Waals surface area contributed by atoms with E-state index in [0.29, 0.717) is 38.5 Å². The number of hydrogen-bond acceptors (Lipinski definition) is 3. The normalized spacial score (nSPS) is 51.6. The third kappa shape index (κ3) is 1.52. The second-order valence-corrected chi connectivity index (χ2v) is 7.03. The summed E-state index contributed by atoms with van der Waals surface area (Å²) in [4.78, 5) is 23.4. The zero-order valence-corrected chi connectivity index (χ0v) is 10.9. The van der Waals surface area contributed by atoms with Gasteiger partial charge in [-0.15, -0.1) is 0 Å². The Morgan fingerprint density at radius 1 is 0.941 bits per heavy atom. The molecule has 2 unspecified atom stereocenters. The summed E-state index contributed by atoms with van der Waals surface area (Å²) in [6, 6.07) is 0. The molecule has 0 heterocycles. The third-order valence-corrected chi connectivity index (χ3v) is 5.67. The van der Waals surface area contributed by atoms with E-state index in [1.807, 2.05) is 0 Å². The van der Waals surface area contributed by atoms with Crippen LogP contribution in [-0.2, 0) is 9.59 Å². The van der Waals surface area contributed by atoms with Crippen molar-refractivity contribution >= 4 is 33.7 Å². The lowest BCUT2D eigenvalue weighted by molar-refractivity contribution is -0.196. The van der Waals surface area contributed by atoms with Gasteiger partial charge >= 0.3 is 0 Å². The summed E-state index contributed by atoms with van der Waals surface area (Å²) < 4.78 is 0. The number of hydrogen-bond donors (Lipinski definition) is 1. The van der Waals surface area contributed by atoms with Crippen molar-refractivity contribution < 1.29 is 14.7 Å². The van der Waals surface area contributed by atoms with Crippen molar-refractivity contribution in [3.05, 3.63) is 0 Å². The minimum Gasteiger partial charge on any atom is -0.390 e. The number of carbonyl (C=O) groups is 2. The van der Waals surface area contributed by atoms with Gasteiger partial charge in [-0.05, 0) is 67.6 Å². The monoisotopic (exact) mass is 276 g/mol. The summed E-state index contributed by atoms with van der Waals surface area (Å²) in [6.45, 7) is 0. The van der Waals surface area contributed by atoms with Crippen LogP contribution in [-0.4, -0.2) is 21.2 Å². The summed E-state index contributed by atoms with van der Waals surface area (Å²) in [6.07, 6.45) is 3.27. The summed E-state index contributed by atoms with van der Waals surface area (Å²) in [5, 5.41) is 9.68. The van der Waals surface area contributed by atoms with E-state index in [9.17, 15) is 14.7 Å². The molecule has 4 fully saturated rings. The van der Waals surface area contributed by atoms with Gasteiger partial charge in [-0.1, -0.05) is 0 Å². The number of aliphatic hydroxyl groups is 1. The quantitative estimate of drug-likeness (QED) is 0.787. The van der Waals surface area contributed by atoms with Crippen LogP contribution in [0.15, 0.2) is 0 Å². The Hall–Kier alpha value is -0.120. The van der Waals surface area contributed by atoms with Crippen LogP contribution in [0.2, 0.25) is 0 Å². The molecule has 4 bridgehead atoms. The molecule has 0 spiro atoms. The third-order valence-electron chi connectivity index (χ3n) is 4.87. The molecule has 0 aromatic heterocycles. The van der Waals surface area contributed by atoms with Crippen LogP contribution in [0.5, 0.6) is 0 Å².